The SMILES string of the molecule is O=C(CCN1CCN(S(=O)(=O)c2ccc(F)cc2)CC1)Nc1ccccc1-c1ccccc1. The molecule has 3 aromatic carbocycles. The number of benzene rings is 3. The van der Waals surface area contributed by atoms with Crippen LogP contribution in [0.5, 0.6) is 0 Å². The number of piperazine rings is 1. The van der Waals surface area contributed by atoms with Crippen LogP contribution in [0.1, 0.15) is 6.42 Å². The Morgan fingerprint density at radius 3 is 2.18 bits per heavy atom. The first-order valence-electron chi connectivity index (χ1n) is 10.9. The van der Waals surface area contributed by atoms with E-state index >= 15 is 0 Å². The Kier molecular flexibility index (Phi) is 7.17. The second-order valence-corrected chi connectivity index (χ2v) is 9.85. The molecule has 1 aliphatic rings. The van der Waals surface area contributed by atoms with Crippen LogP contribution < -0.4 is 5.32 Å². The Labute approximate surface area is 193 Å². The Morgan fingerprint density at radius 1 is 0.848 bits per heavy atom. The number of rotatable bonds is 7. The van der Waals surface area contributed by atoms with Gasteiger partial charge in [-0.25, -0.2) is 12.8 Å². The van der Waals surface area contributed by atoms with Gasteiger partial charge in [0, 0.05) is 50.4 Å². The largest absolute Gasteiger partial charge is 0.325 e. The lowest BCUT2D eigenvalue weighted by molar-refractivity contribution is -0.116. The zero-order valence-electron chi connectivity index (χ0n) is 18.2. The molecule has 4 rings (SSSR count). The maximum absolute atomic E-state index is 13.1. The normalized spacial score (nSPS) is 15.3. The minimum Gasteiger partial charge on any atom is -0.325 e. The van der Waals surface area contributed by atoms with E-state index in [-0.39, 0.29) is 10.8 Å². The molecule has 1 N–H and O–H groups in total. The second kappa shape index (κ2) is 10.2. The standard InChI is InChI=1S/C25H26FN3O3S/c26-21-10-12-22(13-11-21)33(31,32)29-18-16-28(17-19-29)15-14-25(30)27-24-9-5-4-8-23(24)20-6-2-1-3-7-20/h1-13H,14-19H2,(H,27,30). The third-order valence-electron chi connectivity index (χ3n) is 5.72. The fourth-order valence-corrected chi connectivity index (χ4v) is 5.31. The highest BCUT2D eigenvalue weighted by atomic mass is 32.2. The van der Waals surface area contributed by atoms with Crippen molar-refractivity contribution < 1.29 is 17.6 Å². The molecular weight excluding hydrogens is 441 g/mol. The van der Waals surface area contributed by atoms with Crippen molar-refractivity contribution in [3.8, 4) is 11.1 Å². The third kappa shape index (κ3) is 5.65. The highest BCUT2D eigenvalue weighted by Gasteiger charge is 2.28. The summed E-state index contributed by atoms with van der Waals surface area (Å²) in [5.74, 6) is -0.553. The average molecular weight is 468 g/mol. The van der Waals surface area contributed by atoms with Gasteiger partial charge in [0.1, 0.15) is 5.82 Å². The molecule has 0 aliphatic carbocycles. The number of amides is 1. The van der Waals surface area contributed by atoms with E-state index in [0.717, 1.165) is 28.9 Å². The molecule has 0 aromatic heterocycles. The topological polar surface area (TPSA) is 69.7 Å². The van der Waals surface area contributed by atoms with Gasteiger partial charge in [-0.3, -0.25) is 4.79 Å². The second-order valence-electron chi connectivity index (χ2n) is 7.91. The van der Waals surface area contributed by atoms with Crippen molar-refractivity contribution in [3.63, 3.8) is 0 Å². The van der Waals surface area contributed by atoms with Gasteiger partial charge in [-0.2, -0.15) is 4.31 Å². The molecule has 1 saturated heterocycles. The minimum atomic E-state index is -3.64. The maximum Gasteiger partial charge on any atom is 0.243 e. The van der Waals surface area contributed by atoms with E-state index in [1.165, 1.54) is 16.4 Å². The zero-order chi connectivity index (χ0) is 23.3. The molecule has 0 atom stereocenters. The molecule has 0 unspecified atom stereocenters. The number of para-hydroxylation sites is 1. The van der Waals surface area contributed by atoms with Crippen molar-refractivity contribution in [2.75, 3.05) is 38.0 Å². The van der Waals surface area contributed by atoms with Gasteiger partial charge in [0.05, 0.1) is 4.90 Å². The Hall–Kier alpha value is -3.07. The van der Waals surface area contributed by atoms with Gasteiger partial charge >= 0.3 is 0 Å². The summed E-state index contributed by atoms with van der Waals surface area (Å²) in [5.41, 5.74) is 2.77. The maximum atomic E-state index is 13.1. The van der Waals surface area contributed by atoms with E-state index in [1.807, 2.05) is 54.6 Å². The predicted octanol–water partition coefficient (Wildman–Crippen LogP) is 3.83. The van der Waals surface area contributed by atoms with Crippen molar-refractivity contribution >= 4 is 21.6 Å². The molecule has 8 heteroatoms. The molecule has 6 nitrogen and oxygen atoms in total. The molecule has 0 radical (unpaired) electrons. The molecule has 33 heavy (non-hydrogen) atoms. The third-order valence-corrected chi connectivity index (χ3v) is 7.64. The Balaban J connectivity index is 1.29. The van der Waals surface area contributed by atoms with Crippen LogP contribution in [0.25, 0.3) is 11.1 Å². The first kappa shape index (κ1) is 23.1. The number of anilines is 1. The summed E-state index contributed by atoms with van der Waals surface area (Å²) in [6.07, 6.45) is 0.313. The molecular formula is C25H26FN3O3S. The molecule has 0 saturated carbocycles. The highest BCUT2D eigenvalue weighted by Crippen LogP contribution is 2.27. The lowest BCUT2D eigenvalue weighted by Gasteiger charge is -2.33. The number of hydrogen-bond donors (Lipinski definition) is 1. The summed E-state index contributed by atoms with van der Waals surface area (Å²) in [6, 6.07) is 22.5. The highest BCUT2D eigenvalue weighted by molar-refractivity contribution is 7.89. The summed E-state index contributed by atoms with van der Waals surface area (Å²) in [5, 5.41) is 3.01. The lowest BCUT2D eigenvalue weighted by Crippen LogP contribution is -2.49. The lowest BCUT2D eigenvalue weighted by atomic mass is 10.0. The average Bonchev–Trinajstić information content (AvgIpc) is 2.84. The minimum absolute atomic E-state index is 0.0836. The van der Waals surface area contributed by atoms with Gasteiger partial charge in [-0.05, 0) is 35.9 Å². The van der Waals surface area contributed by atoms with Crippen LogP contribution in [0.4, 0.5) is 10.1 Å². The molecule has 1 heterocycles. The fourth-order valence-electron chi connectivity index (χ4n) is 3.88. The van der Waals surface area contributed by atoms with Gasteiger partial charge in [-0.1, -0.05) is 48.5 Å². The summed E-state index contributed by atoms with van der Waals surface area (Å²) in [6.45, 7) is 2.28. The van der Waals surface area contributed by atoms with Crippen LogP contribution in [-0.4, -0.2) is 56.3 Å². The van der Waals surface area contributed by atoms with E-state index in [2.05, 4.69) is 10.2 Å². The quantitative estimate of drug-likeness (QED) is 0.574. The summed E-state index contributed by atoms with van der Waals surface area (Å²) in [7, 11) is -3.64. The molecule has 3 aromatic rings. The van der Waals surface area contributed by atoms with Crippen LogP contribution in [-0.2, 0) is 14.8 Å². The molecule has 172 valence electrons. The van der Waals surface area contributed by atoms with Crippen LogP contribution in [0, 0.1) is 5.82 Å². The number of sulfonamides is 1. The molecule has 1 amide bonds. The van der Waals surface area contributed by atoms with Gasteiger partial charge in [0.25, 0.3) is 0 Å². The first-order chi connectivity index (χ1) is 15.9. The van der Waals surface area contributed by atoms with Crippen molar-refractivity contribution in [1.82, 2.24) is 9.21 Å². The zero-order valence-corrected chi connectivity index (χ0v) is 19.0. The summed E-state index contributed by atoms with van der Waals surface area (Å²) in [4.78, 5) is 14.8. The van der Waals surface area contributed by atoms with Gasteiger partial charge in [0.2, 0.25) is 15.9 Å². The molecule has 0 bridgehead atoms. The number of carbonyl (C=O) groups is 1. The summed E-state index contributed by atoms with van der Waals surface area (Å²) >= 11 is 0. The summed E-state index contributed by atoms with van der Waals surface area (Å²) < 4.78 is 40.0. The first-order valence-corrected chi connectivity index (χ1v) is 12.3. The number of nitrogens with zero attached hydrogens (tertiary/aromatic N) is 2. The van der Waals surface area contributed by atoms with E-state index in [0.29, 0.717) is 39.1 Å². The van der Waals surface area contributed by atoms with Crippen molar-refractivity contribution in [2.24, 2.45) is 0 Å². The number of nitrogens with one attached hydrogen (secondary N) is 1. The number of hydrogen-bond acceptors (Lipinski definition) is 4. The Morgan fingerprint density at radius 2 is 1.48 bits per heavy atom. The predicted molar refractivity (Wildman–Crippen MR) is 127 cm³/mol. The van der Waals surface area contributed by atoms with Crippen molar-refractivity contribution in [3.05, 3.63) is 84.7 Å². The molecule has 0 spiro atoms. The molecule has 1 aliphatic heterocycles. The van der Waals surface area contributed by atoms with E-state index < -0.39 is 15.8 Å². The van der Waals surface area contributed by atoms with Crippen molar-refractivity contribution in [2.45, 2.75) is 11.3 Å². The van der Waals surface area contributed by atoms with Crippen LogP contribution in [0.2, 0.25) is 0 Å². The van der Waals surface area contributed by atoms with Crippen molar-refractivity contribution in [1.29, 1.82) is 0 Å². The monoisotopic (exact) mass is 467 g/mol. The van der Waals surface area contributed by atoms with E-state index in [4.69, 9.17) is 0 Å². The smallest absolute Gasteiger partial charge is 0.243 e. The van der Waals surface area contributed by atoms with Crippen LogP contribution in [0.3, 0.4) is 0 Å². The van der Waals surface area contributed by atoms with Gasteiger partial charge in [0.15, 0.2) is 0 Å². The number of halogens is 1. The van der Waals surface area contributed by atoms with Crippen LogP contribution >= 0.6 is 0 Å². The van der Waals surface area contributed by atoms with Crippen LogP contribution in [0.15, 0.2) is 83.8 Å². The fraction of sp³-hybridized carbons (Fsp3) is 0.240. The van der Waals surface area contributed by atoms with E-state index in [9.17, 15) is 17.6 Å². The van der Waals surface area contributed by atoms with E-state index in [1.54, 1.807) is 0 Å². The number of carbonyl (C=O) groups excluding carboxylic acids is 1. The van der Waals surface area contributed by atoms with Gasteiger partial charge in [-0.15, -0.1) is 0 Å². The molecule has 1 fully saturated rings. The van der Waals surface area contributed by atoms with Gasteiger partial charge < -0.3 is 10.2 Å². The Bertz CT molecular complexity index is 1190.